The molecule has 0 saturated carbocycles. The van der Waals surface area contributed by atoms with Gasteiger partial charge in [0.25, 0.3) is 5.56 Å². The molecule has 0 atom stereocenters. The number of H-pyrrole nitrogens is 1. The second-order valence-corrected chi connectivity index (χ2v) is 5.17. The molecule has 1 aromatic heterocycles. The minimum absolute atomic E-state index is 0.247. The van der Waals surface area contributed by atoms with Crippen molar-refractivity contribution >= 4 is 40.1 Å². The number of nitrogens with zero attached hydrogens (tertiary/aromatic N) is 1. The van der Waals surface area contributed by atoms with Crippen LogP contribution in [-0.2, 0) is 0 Å². The summed E-state index contributed by atoms with van der Waals surface area (Å²) in [5, 5.41) is 6.37. The highest BCUT2D eigenvalue weighted by atomic mass is 32.1. The van der Waals surface area contributed by atoms with Crippen LogP contribution >= 0.6 is 12.2 Å². The van der Waals surface area contributed by atoms with E-state index in [0.717, 1.165) is 11.2 Å². The summed E-state index contributed by atoms with van der Waals surface area (Å²) in [7, 11) is 0. The van der Waals surface area contributed by atoms with Crippen molar-refractivity contribution in [2.24, 2.45) is 0 Å². The number of rotatable bonds is 3. The fourth-order valence-electron chi connectivity index (χ4n) is 2.04. The minimum Gasteiger partial charge on any atom is -0.339 e. The normalized spacial score (nSPS) is 10.8. The Morgan fingerprint density at radius 1 is 1.09 bits per heavy atom. The Balaban J connectivity index is 1.69. The Kier molecular flexibility index (Phi) is 4.44. The van der Waals surface area contributed by atoms with Gasteiger partial charge in [-0.05, 0) is 42.6 Å². The molecular formula is C17H14N4OS. The molecule has 0 aliphatic rings. The van der Waals surface area contributed by atoms with Crippen LogP contribution in [0.25, 0.3) is 17.1 Å². The number of anilines is 1. The van der Waals surface area contributed by atoms with Crippen molar-refractivity contribution in [2.75, 3.05) is 5.32 Å². The lowest BCUT2D eigenvalue weighted by molar-refractivity contribution is 1.18. The highest BCUT2D eigenvalue weighted by molar-refractivity contribution is 7.80. The molecule has 23 heavy (non-hydrogen) atoms. The van der Waals surface area contributed by atoms with E-state index < -0.39 is 0 Å². The summed E-state index contributed by atoms with van der Waals surface area (Å²) in [4.78, 5) is 19.1. The van der Waals surface area contributed by atoms with Gasteiger partial charge in [0, 0.05) is 11.9 Å². The van der Waals surface area contributed by atoms with E-state index in [1.165, 1.54) is 0 Å². The van der Waals surface area contributed by atoms with Gasteiger partial charge in [-0.2, -0.15) is 0 Å². The number of thiocarbonyl (C=S) groups is 1. The zero-order valence-corrected chi connectivity index (χ0v) is 12.9. The summed E-state index contributed by atoms with van der Waals surface area (Å²) in [6, 6.07) is 17.0. The van der Waals surface area contributed by atoms with Crippen molar-refractivity contribution in [2.45, 2.75) is 0 Å². The first-order valence-corrected chi connectivity index (χ1v) is 7.41. The van der Waals surface area contributed by atoms with Crippen LogP contribution < -0.4 is 16.2 Å². The number of aromatic nitrogens is 2. The Hall–Kier alpha value is -2.99. The molecule has 0 aliphatic carbocycles. The standard InChI is InChI=1S/C17H14N4OS/c22-16-15(20-13-8-4-5-9-14(13)21-16)10-11-18-17(23)19-12-6-2-1-3-7-12/h1-11H,(H,21,22)(H2,18,19,23). The quantitative estimate of drug-likeness (QED) is 0.647. The topological polar surface area (TPSA) is 69.8 Å². The van der Waals surface area contributed by atoms with Gasteiger partial charge in [-0.1, -0.05) is 30.3 Å². The van der Waals surface area contributed by atoms with Crippen LogP contribution in [0.15, 0.2) is 65.6 Å². The smallest absolute Gasteiger partial charge is 0.274 e. The Morgan fingerprint density at radius 2 is 1.83 bits per heavy atom. The van der Waals surface area contributed by atoms with Gasteiger partial charge in [-0.3, -0.25) is 4.79 Å². The average molecular weight is 322 g/mol. The summed E-state index contributed by atoms with van der Waals surface area (Å²) in [5.74, 6) is 0. The second kappa shape index (κ2) is 6.85. The van der Waals surface area contributed by atoms with Crippen molar-refractivity contribution in [1.29, 1.82) is 0 Å². The average Bonchev–Trinajstić information content (AvgIpc) is 2.56. The van der Waals surface area contributed by atoms with E-state index in [1.807, 2.05) is 54.6 Å². The molecular weight excluding hydrogens is 308 g/mol. The lowest BCUT2D eigenvalue weighted by Gasteiger charge is -2.06. The van der Waals surface area contributed by atoms with E-state index >= 15 is 0 Å². The van der Waals surface area contributed by atoms with Gasteiger partial charge in [-0.25, -0.2) is 4.98 Å². The molecule has 0 saturated heterocycles. The van der Waals surface area contributed by atoms with E-state index in [0.29, 0.717) is 16.3 Å². The van der Waals surface area contributed by atoms with Gasteiger partial charge in [0.1, 0.15) is 5.69 Å². The lowest BCUT2D eigenvalue weighted by Crippen LogP contribution is -2.23. The zero-order chi connectivity index (χ0) is 16.1. The largest absolute Gasteiger partial charge is 0.339 e. The molecule has 0 radical (unpaired) electrons. The molecule has 3 rings (SSSR count). The van der Waals surface area contributed by atoms with E-state index in [9.17, 15) is 4.79 Å². The maximum absolute atomic E-state index is 12.0. The van der Waals surface area contributed by atoms with E-state index in [-0.39, 0.29) is 5.56 Å². The van der Waals surface area contributed by atoms with Gasteiger partial charge in [-0.15, -0.1) is 0 Å². The van der Waals surface area contributed by atoms with E-state index in [1.54, 1.807) is 12.3 Å². The number of para-hydroxylation sites is 3. The van der Waals surface area contributed by atoms with Gasteiger partial charge in [0.2, 0.25) is 0 Å². The van der Waals surface area contributed by atoms with Crippen molar-refractivity contribution in [3.8, 4) is 0 Å². The van der Waals surface area contributed by atoms with Gasteiger partial charge in [0.15, 0.2) is 5.11 Å². The highest BCUT2D eigenvalue weighted by Gasteiger charge is 2.01. The first kappa shape index (κ1) is 14.9. The first-order chi connectivity index (χ1) is 11.2. The Labute approximate surface area is 138 Å². The third kappa shape index (κ3) is 3.81. The zero-order valence-electron chi connectivity index (χ0n) is 12.1. The predicted molar refractivity (Wildman–Crippen MR) is 97.2 cm³/mol. The molecule has 0 spiro atoms. The molecule has 1 heterocycles. The molecule has 6 heteroatoms. The number of hydrogen-bond donors (Lipinski definition) is 3. The van der Waals surface area contributed by atoms with Crippen LogP contribution in [0.4, 0.5) is 5.69 Å². The summed E-state index contributed by atoms with van der Waals surface area (Å²) in [6.45, 7) is 0. The number of aromatic amines is 1. The van der Waals surface area contributed by atoms with Gasteiger partial charge in [0.05, 0.1) is 11.0 Å². The number of benzene rings is 2. The summed E-state index contributed by atoms with van der Waals surface area (Å²) < 4.78 is 0. The lowest BCUT2D eigenvalue weighted by atomic mass is 10.3. The molecule has 0 fully saturated rings. The molecule has 3 aromatic rings. The second-order valence-electron chi connectivity index (χ2n) is 4.77. The van der Waals surface area contributed by atoms with Crippen molar-refractivity contribution in [1.82, 2.24) is 15.3 Å². The first-order valence-electron chi connectivity index (χ1n) is 7.00. The van der Waals surface area contributed by atoms with Crippen LogP contribution in [-0.4, -0.2) is 15.1 Å². The molecule has 0 amide bonds. The fraction of sp³-hybridized carbons (Fsp3) is 0. The highest BCUT2D eigenvalue weighted by Crippen LogP contribution is 2.06. The maximum atomic E-state index is 12.0. The van der Waals surface area contributed by atoms with Gasteiger partial charge < -0.3 is 15.6 Å². The van der Waals surface area contributed by atoms with E-state index in [2.05, 4.69) is 20.6 Å². The summed E-state index contributed by atoms with van der Waals surface area (Å²) in [6.07, 6.45) is 3.18. The SMILES string of the molecule is O=c1[nH]c2ccccc2nc1C=CNC(=S)Nc1ccccc1. The fourth-order valence-corrected chi connectivity index (χ4v) is 2.23. The predicted octanol–water partition coefficient (Wildman–Crippen LogP) is 2.88. The van der Waals surface area contributed by atoms with Crippen molar-refractivity contribution < 1.29 is 0 Å². The summed E-state index contributed by atoms with van der Waals surface area (Å²) >= 11 is 5.18. The number of nitrogens with one attached hydrogen (secondary N) is 3. The molecule has 0 aliphatic heterocycles. The van der Waals surface area contributed by atoms with Crippen LogP contribution in [0.2, 0.25) is 0 Å². The third-order valence-corrected chi connectivity index (χ3v) is 3.33. The molecule has 3 N–H and O–H groups in total. The number of fused-ring (bicyclic) bond motifs is 1. The van der Waals surface area contributed by atoms with Crippen LogP contribution in [0.3, 0.4) is 0 Å². The Bertz CT molecular complexity index is 919. The van der Waals surface area contributed by atoms with Crippen molar-refractivity contribution in [3.63, 3.8) is 0 Å². The Morgan fingerprint density at radius 3 is 2.65 bits per heavy atom. The van der Waals surface area contributed by atoms with Gasteiger partial charge >= 0.3 is 0 Å². The summed E-state index contributed by atoms with van der Waals surface area (Å²) in [5.41, 5.74) is 2.41. The number of hydrogen-bond acceptors (Lipinski definition) is 3. The molecule has 0 bridgehead atoms. The van der Waals surface area contributed by atoms with Crippen LogP contribution in [0, 0.1) is 0 Å². The van der Waals surface area contributed by atoms with Crippen LogP contribution in [0.1, 0.15) is 5.69 Å². The monoisotopic (exact) mass is 322 g/mol. The van der Waals surface area contributed by atoms with E-state index in [4.69, 9.17) is 12.2 Å². The maximum Gasteiger partial charge on any atom is 0.274 e. The van der Waals surface area contributed by atoms with Crippen LogP contribution in [0.5, 0.6) is 0 Å². The molecule has 2 aromatic carbocycles. The molecule has 0 unspecified atom stereocenters. The van der Waals surface area contributed by atoms with Crippen molar-refractivity contribution in [3.05, 3.63) is 76.8 Å². The molecule has 114 valence electrons. The third-order valence-electron chi connectivity index (χ3n) is 3.11. The minimum atomic E-state index is -0.247. The molecule has 5 nitrogen and oxygen atoms in total.